The van der Waals surface area contributed by atoms with Crippen LogP contribution in [0.15, 0.2) is 12.1 Å². The minimum atomic E-state index is -0.654. The molecule has 1 atom stereocenters. The van der Waals surface area contributed by atoms with E-state index in [0.29, 0.717) is 12.6 Å². The number of nitrogen functional groups attached to an aromatic ring is 1. The first-order chi connectivity index (χ1) is 8.45. The molecule has 5 heteroatoms. The van der Waals surface area contributed by atoms with Crippen LogP contribution in [0.3, 0.4) is 0 Å². The third-order valence-electron chi connectivity index (χ3n) is 3.17. The van der Waals surface area contributed by atoms with Gasteiger partial charge in [0.2, 0.25) is 0 Å². The highest BCUT2D eigenvalue weighted by Gasteiger charge is 2.11. The molecule has 1 rings (SSSR count). The molecule has 0 heterocycles. The normalized spacial score (nSPS) is 12.8. The number of rotatable bonds is 6. The lowest BCUT2D eigenvalue weighted by atomic mass is 10.2. The Morgan fingerprint density at radius 2 is 1.89 bits per heavy atom. The molecule has 0 fully saturated rings. The van der Waals surface area contributed by atoms with Crippen LogP contribution >= 0.6 is 0 Å². The summed E-state index contributed by atoms with van der Waals surface area (Å²) >= 11 is 0. The number of benzene rings is 1. The van der Waals surface area contributed by atoms with Gasteiger partial charge in [0.15, 0.2) is 11.6 Å². The first-order valence-electron chi connectivity index (χ1n) is 6.14. The molecule has 0 radical (unpaired) electrons. The van der Waals surface area contributed by atoms with Gasteiger partial charge in [-0.2, -0.15) is 0 Å². The largest absolute Gasteiger partial charge is 0.399 e. The minimum Gasteiger partial charge on any atom is -0.399 e. The summed E-state index contributed by atoms with van der Waals surface area (Å²) in [6.07, 6.45) is 1.04. The van der Waals surface area contributed by atoms with Crippen LogP contribution in [0.1, 0.15) is 20.3 Å². The average molecular weight is 257 g/mol. The molecule has 0 spiro atoms. The van der Waals surface area contributed by atoms with E-state index in [4.69, 9.17) is 5.73 Å². The van der Waals surface area contributed by atoms with Crippen molar-refractivity contribution in [3.63, 3.8) is 0 Å². The zero-order valence-electron chi connectivity index (χ0n) is 11.1. The highest BCUT2D eigenvalue weighted by Crippen LogP contribution is 2.21. The Bertz CT molecular complexity index is 373. The summed E-state index contributed by atoms with van der Waals surface area (Å²) in [7, 11) is 1.99. The van der Waals surface area contributed by atoms with E-state index < -0.39 is 11.6 Å². The third kappa shape index (κ3) is 3.84. The molecule has 1 unspecified atom stereocenters. The number of hydrogen-bond acceptors (Lipinski definition) is 3. The zero-order valence-corrected chi connectivity index (χ0v) is 11.1. The van der Waals surface area contributed by atoms with Crippen LogP contribution in [0.25, 0.3) is 0 Å². The van der Waals surface area contributed by atoms with Crippen molar-refractivity contribution in [3.8, 4) is 0 Å². The molecule has 0 saturated carbocycles. The number of nitrogens with zero attached hydrogens (tertiary/aromatic N) is 1. The van der Waals surface area contributed by atoms with E-state index >= 15 is 0 Å². The second kappa shape index (κ2) is 6.54. The van der Waals surface area contributed by atoms with Crippen LogP contribution in [0.2, 0.25) is 0 Å². The molecule has 0 bridgehead atoms. The van der Waals surface area contributed by atoms with E-state index in [1.54, 1.807) is 0 Å². The van der Waals surface area contributed by atoms with Crippen LogP contribution in [-0.4, -0.2) is 31.1 Å². The van der Waals surface area contributed by atoms with E-state index in [1.807, 2.05) is 7.05 Å². The fourth-order valence-electron chi connectivity index (χ4n) is 1.65. The fourth-order valence-corrected chi connectivity index (χ4v) is 1.65. The summed E-state index contributed by atoms with van der Waals surface area (Å²) in [4.78, 5) is 2.14. The van der Waals surface area contributed by atoms with Crippen molar-refractivity contribution >= 4 is 11.4 Å². The van der Waals surface area contributed by atoms with E-state index in [-0.39, 0.29) is 11.4 Å². The molecule has 1 aromatic rings. The number of anilines is 2. The maximum absolute atomic E-state index is 13.5. The number of likely N-dealkylation sites (N-methyl/N-ethyl adjacent to an activating group) is 1. The third-order valence-corrected chi connectivity index (χ3v) is 3.17. The first kappa shape index (κ1) is 14.7. The molecule has 3 N–H and O–H groups in total. The Labute approximate surface area is 107 Å². The SMILES string of the molecule is CCC(C)N(C)CCNc1c(F)cc(N)cc1F. The topological polar surface area (TPSA) is 41.3 Å². The average Bonchev–Trinajstić information content (AvgIpc) is 2.31. The maximum Gasteiger partial charge on any atom is 0.151 e. The predicted molar refractivity (Wildman–Crippen MR) is 71.6 cm³/mol. The monoisotopic (exact) mass is 257 g/mol. The van der Waals surface area contributed by atoms with Gasteiger partial charge in [-0.3, -0.25) is 0 Å². The van der Waals surface area contributed by atoms with Crippen molar-refractivity contribution in [2.45, 2.75) is 26.3 Å². The Morgan fingerprint density at radius 1 is 1.33 bits per heavy atom. The number of hydrogen-bond donors (Lipinski definition) is 2. The highest BCUT2D eigenvalue weighted by atomic mass is 19.1. The highest BCUT2D eigenvalue weighted by molar-refractivity contribution is 5.53. The van der Waals surface area contributed by atoms with Crippen molar-refractivity contribution in [1.82, 2.24) is 4.90 Å². The standard InChI is InChI=1S/C13H21F2N3/c1-4-9(2)18(3)6-5-17-13-11(14)7-10(16)8-12(13)15/h7-9,17H,4-6,16H2,1-3H3. The molecule has 0 saturated heterocycles. The van der Waals surface area contributed by atoms with Gasteiger partial charge in [-0.1, -0.05) is 6.92 Å². The molecule has 0 aromatic heterocycles. The molecule has 3 nitrogen and oxygen atoms in total. The van der Waals surface area contributed by atoms with Crippen LogP contribution in [-0.2, 0) is 0 Å². The number of nitrogens with one attached hydrogen (secondary N) is 1. The lowest BCUT2D eigenvalue weighted by Gasteiger charge is -2.23. The molecule has 102 valence electrons. The summed E-state index contributed by atoms with van der Waals surface area (Å²) < 4.78 is 26.9. The summed E-state index contributed by atoms with van der Waals surface area (Å²) in [6, 6.07) is 2.68. The molecular formula is C13H21F2N3. The second-order valence-corrected chi connectivity index (χ2v) is 4.52. The lowest BCUT2D eigenvalue weighted by Crippen LogP contribution is -2.32. The molecule has 0 aliphatic heterocycles. The van der Waals surface area contributed by atoms with Gasteiger partial charge in [-0.25, -0.2) is 8.78 Å². The van der Waals surface area contributed by atoms with Gasteiger partial charge in [0.25, 0.3) is 0 Å². The van der Waals surface area contributed by atoms with Crippen LogP contribution in [0.5, 0.6) is 0 Å². The van der Waals surface area contributed by atoms with Crippen molar-refractivity contribution in [2.75, 3.05) is 31.2 Å². The summed E-state index contributed by atoms with van der Waals surface area (Å²) in [5.41, 5.74) is 5.33. The Morgan fingerprint density at radius 3 is 2.39 bits per heavy atom. The first-order valence-corrected chi connectivity index (χ1v) is 6.14. The molecule has 0 amide bonds. The lowest BCUT2D eigenvalue weighted by molar-refractivity contribution is 0.261. The molecule has 0 aliphatic carbocycles. The Balaban J connectivity index is 2.54. The molecule has 18 heavy (non-hydrogen) atoms. The van der Waals surface area contributed by atoms with Gasteiger partial charge in [0, 0.05) is 24.8 Å². The van der Waals surface area contributed by atoms with Gasteiger partial charge in [0.05, 0.1) is 0 Å². The smallest absolute Gasteiger partial charge is 0.151 e. The van der Waals surface area contributed by atoms with E-state index in [2.05, 4.69) is 24.1 Å². The zero-order chi connectivity index (χ0) is 13.7. The fraction of sp³-hybridized carbons (Fsp3) is 0.538. The number of nitrogens with two attached hydrogens (primary N) is 1. The molecular weight excluding hydrogens is 236 g/mol. The van der Waals surface area contributed by atoms with Crippen molar-refractivity contribution in [3.05, 3.63) is 23.8 Å². The molecule has 1 aromatic carbocycles. The second-order valence-electron chi connectivity index (χ2n) is 4.52. The predicted octanol–water partition coefficient (Wildman–Crippen LogP) is 2.69. The van der Waals surface area contributed by atoms with E-state index in [1.165, 1.54) is 0 Å². The Hall–Kier alpha value is -1.36. The van der Waals surface area contributed by atoms with Gasteiger partial charge in [-0.15, -0.1) is 0 Å². The van der Waals surface area contributed by atoms with Gasteiger partial charge < -0.3 is 16.0 Å². The summed E-state index contributed by atoms with van der Waals surface area (Å²) in [5, 5.41) is 2.77. The van der Waals surface area contributed by atoms with Crippen molar-refractivity contribution in [2.24, 2.45) is 0 Å². The van der Waals surface area contributed by atoms with Gasteiger partial charge in [0.1, 0.15) is 5.69 Å². The molecule has 0 aliphatic rings. The van der Waals surface area contributed by atoms with Crippen molar-refractivity contribution in [1.29, 1.82) is 0 Å². The van der Waals surface area contributed by atoms with E-state index in [0.717, 1.165) is 25.1 Å². The van der Waals surface area contributed by atoms with Gasteiger partial charge in [-0.05, 0) is 32.5 Å². The minimum absolute atomic E-state index is 0.0901. The van der Waals surface area contributed by atoms with Crippen LogP contribution in [0.4, 0.5) is 20.2 Å². The van der Waals surface area contributed by atoms with E-state index in [9.17, 15) is 8.78 Å². The van der Waals surface area contributed by atoms with Crippen LogP contribution in [0, 0.1) is 11.6 Å². The van der Waals surface area contributed by atoms with Crippen LogP contribution < -0.4 is 11.1 Å². The summed E-state index contributed by atoms with van der Waals surface area (Å²) in [5.74, 6) is -1.31. The van der Waals surface area contributed by atoms with Crippen molar-refractivity contribution < 1.29 is 8.78 Å². The quantitative estimate of drug-likeness (QED) is 0.770. The number of halogens is 2. The summed E-state index contributed by atoms with van der Waals surface area (Å²) in [6.45, 7) is 5.43. The van der Waals surface area contributed by atoms with Gasteiger partial charge >= 0.3 is 0 Å². The maximum atomic E-state index is 13.5. The Kier molecular flexibility index (Phi) is 5.34.